The van der Waals surface area contributed by atoms with Crippen LogP contribution in [0.3, 0.4) is 0 Å². The summed E-state index contributed by atoms with van der Waals surface area (Å²) in [4.78, 5) is 17.2. The maximum absolute atomic E-state index is 14.6. The van der Waals surface area contributed by atoms with Gasteiger partial charge in [0.05, 0.1) is 16.7 Å². The first kappa shape index (κ1) is 18.1. The van der Waals surface area contributed by atoms with Crippen LogP contribution in [-0.4, -0.2) is 25.2 Å². The van der Waals surface area contributed by atoms with Crippen molar-refractivity contribution in [1.29, 1.82) is 0 Å². The number of nitrogens with zero attached hydrogens (tertiary/aromatic N) is 4. The van der Waals surface area contributed by atoms with Crippen molar-refractivity contribution in [3.05, 3.63) is 69.6 Å². The maximum Gasteiger partial charge on any atom is 0.233 e. The number of aryl methyl sites for hydroxylation is 2. The fourth-order valence-corrected chi connectivity index (χ4v) is 4.44. The van der Waals surface area contributed by atoms with Crippen LogP contribution in [0.1, 0.15) is 29.2 Å². The molecule has 3 heterocycles. The zero-order valence-corrected chi connectivity index (χ0v) is 17.4. The maximum atomic E-state index is 14.6. The zero-order chi connectivity index (χ0) is 20.3. The first-order valence-corrected chi connectivity index (χ1v) is 9.99. The van der Waals surface area contributed by atoms with Crippen molar-refractivity contribution in [2.45, 2.75) is 19.3 Å². The zero-order valence-electron chi connectivity index (χ0n) is 15.8. The Morgan fingerprint density at radius 3 is 2.83 bits per heavy atom. The molecule has 1 aliphatic rings. The number of hydrogen-bond donors (Lipinski definition) is 1. The van der Waals surface area contributed by atoms with E-state index in [1.54, 1.807) is 16.8 Å². The number of fused-ring (bicyclic) bond motifs is 2. The lowest BCUT2D eigenvalue weighted by Crippen LogP contribution is -2.25. The van der Waals surface area contributed by atoms with E-state index in [1.807, 2.05) is 42.8 Å². The van der Waals surface area contributed by atoms with Crippen LogP contribution in [0, 0.1) is 12.7 Å². The summed E-state index contributed by atoms with van der Waals surface area (Å²) >= 11 is 3.41. The second kappa shape index (κ2) is 6.52. The van der Waals surface area contributed by atoms with Gasteiger partial charge < -0.3 is 9.88 Å². The Hall–Kier alpha value is -3.00. The molecule has 0 fully saturated rings. The van der Waals surface area contributed by atoms with Crippen molar-refractivity contribution >= 4 is 38.7 Å². The van der Waals surface area contributed by atoms with E-state index in [-0.39, 0.29) is 18.1 Å². The molecule has 1 atom stereocenters. The van der Waals surface area contributed by atoms with Crippen LogP contribution in [0.2, 0.25) is 0 Å². The van der Waals surface area contributed by atoms with Crippen LogP contribution in [-0.2, 0) is 11.8 Å². The number of hydrogen-bond acceptors (Lipinski definition) is 3. The minimum Gasteiger partial charge on any atom is -0.311 e. The van der Waals surface area contributed by atoms with E-state index in [0.717, 1.165) is 26.8 Å². The van der Waals surface area contributed by atoms with Gasteiger partial charge in [-0.2, -0.15) is 9.78 Å². The Morgan fingerprint density at radius 2 is 2.03 bits per heavy atom. The molecule has 0 spiro atoms. The van der Waals surface area contributed by atoms with Crippen molar-refractivity contribution in [1.82, 2.24) is 19.3 Å². The number of carbonyl (C=O) groups is 1. The summed E-state index contributed by atoms with van der Waals surface area (Å²) in [5, 5.41) is 7.59. The van der Waals surface area contributed by atoms with Crippen LogP contribution in [0.5, 0.6) is 0 Å². The Kier molecular flexibility index (Phi) is 4.06. The smallest absolute Gasteiger partial charge is 0.233 e. The van der Waals surface area contributed by atoms with Gasteiger partial charge in [0.2, 0.25) is 11.9 Å². The monoisotopic (exact) mass is 453 g/mol. The number of anilines is 1. The van der Waals surface area contributed by atoms with Gasteiger partial charge in [-0.05, 0) is 42.8 Å². The van der Waals surface area contributed by atoms with Gasteiger partial charge in [-0.15, -0.1) is 0 Å². The third-order valence-corrected chi connectivity index (χ3v) is 5.88. The standard InChI is InChI=1S/C21H17BrFN5O/c1-11-19-14(13-9-12(22)7-8-15(13)23)10-18(29)25-20(19)28(26-11)21-24-16-5-3-4-6-17(16)27(21)2/h3-9,14H,10H2,1-2H3,(H,25,29). The van der Waals surface area contributed by atoms with Crippen molar-refractivity contribution < 1.29 is 9.18 Å². The van der Waals surface area contributed by atoms with Gasteiger partial charge in [0.15, 0.2) is 0 Å². The molecule has 146 valence electrons. The molecule has 1 amide bonds. The number of rotatable bonds is 2. The minimum absolute atomic E-state index is 0.162. The fraction of sp³-hybridized carbons (Fsp3) is 0.190. The van der Waals surface area contributed by atoms with E-state index in [9.17, 15) is 9.18 Å². The number of para-hydroxylation sites is 2. The summed E-state index contributed by atoms with van der Waals surface area (Å²) < 4.78 is 19.0. The second-order valence-corrected chi connectivity index (χ2v) is 8.11. The third kappa shape index (κ3) is 2.78. The lowest BCUT2D eigenvalue weighted by molar-refractivity contribution is -0.116. The van der Waals surface area contributed by atoms with E-state index in [4.69, 9.17) is 0 Å². The predicted molar refractivity (Wildman–Crippen MR) is 112 cm³/mol. The van der Waals surface area contributed by atoms with Crippen molar-refractivity contribution in [2.24, 2.45) is 7.05 Å². The summed E-state index contributed by atoms with van der Waals surface area (Å²) in [5.41, 5.74) is 3.82. The molecule has 4 aromatic rings. The van der Waals surface area contributed by atoms with Crippen molar-refractivity contribution in [3.63, 3.8) is 0 Å². The molecular weight excluding hydrogens is 437 g/mol. The van der Waals surface area contributed by atoms with Gasteiger partial charge in [0, 0.05) is 29.4 Å². The van der Waals surface area contributed by atoms with Gasteiger partial charge in [0.1, 0.15) is 11.6 Å². The normalized spacial score (nSPS) is 16.1. The second-order valence-electron chi connectivity index (χ2n) is 7.19. The molecule has 0 saturated carbocycles. The molecule has 8 heteroatoms. The Labute approximate surface area is 174 Å². The number of halogens is 2. The van der Waals surface area contributed by atoms with E-state index in [0.29, 0.717) is 17.3 Å². The molecule has 6 nitrogen and oxygen atoms in total. The van der Waals surface area contributed by atoms with Gasteiger partial charge >= 0.3 is 0 Å². The molecule has 0 saturated heterocycles. The topological polar surface area (TPSA) is 64.7 Å². The highest BCUT2D eigenvalue weighted by atomic mass is 79.9. The quantitative estimate of drug-likeness (QED) is 0.487. The van der Waals surface area contributed by atoms with Gasteiger partial charge in [-0.1, -0.05) is 28.1 Å². The number of benzene rings is 2. The lowest BCUT2D eigenvalue weighted by atomic mass is 9.85. The number of imidazole rings is 1. The third-order valence-electron chi connectivity index (χ3n) is 5.39. The summed E-state index contributed by atoms with van der Waals surface area (Å²) in [6, 6.07) is 12.6. The highest BCUT2D eigenvalue weighted by Crippen LogP contribution is 2.41. The van der Waals surface area contributed by atoms with Crippen molar-refractivity contribution in [2.75, 3.05) is 5.32 Å². The summed E-state index contributed by atoms with van der Waals surface area (Å²) in [6.07, 6.45) is 0.162. The molecule has 0 radical (unpaired) electrons. The number of carbonyl (C=O) groups excluding carboxylic acids is 1. The molecule has 1 aliphatic heterocycles. The molecule has 1 N–H and O–H groups in total. The SMILES string of the molecule is Cc1nn(-c2nc3ccccc3n2C)c2c1C(c1cc(Br)ccc1F)CC(=O)N2. The van der Waals surface area contributed by atoms with Crippen LogP contribution < -0.4 is 5.32 Å². The molecule has 29 heavy (non-hydrogen) atoms. The number of amides is 1. The summed E-state index contributed by atoms with van der Waals surface area (Å²) in [7, 11) is 1.91. The van der Waals surface area contributed by atoms with E-state index >= 15 is 0 Å². The molecule has 2 aromatic carbocycles. The number of nitrogens with one attached hydrogen (secondary N) is 1. The highest BCUT2D eigenvalue weighted by Gasteiger charge is 2.35. The van der Waals surface area contributed by atoms with Crippen LogP contribution in [0.4, 0.5) is 10.2 Å². The highest BCUT2D eigenvalue weighted by molar-refractivity contribution is 9.10. The van der Waals surface area contributed by atoms with Crippen LogP contribution >= 0.6 is 15.9 Å². The minimum atomic E-state index is -0.417. The Bertz CT molecular complexity index is 1290. The first-order valence-electron chi connectivity index (χ1n) is 9.20. The molecule has 0 aliphatic carbocycles. The van der Waals surface area contributed by atoms with Crippen LogP contribution in [0.15, 0.2) is 46.9 Å². The molecule has 0 bridgehead atoms. The molecular formula is C21H17BrFN5O. The fourth-order valence-electron chi connectivity index (χ4n) is 4.06. The Balaban J connectivity index is 1.73. The van der Waals surface area contributed by atoms with Crippen molar-refractivity contribution in [3.8, 4) is 5.95 Å². The van der Waals surface area contributed by atoms with E-state index in [2.05, 4.69) is 31.3 Å². The first-order chi connectivity index (χ1) is 13.9. The van der Waals surface area contributed by atoms with Gasteiger partial charge in [-0.25, -0.2) is 9.37 Å². The lowest BCUT2D eigenvalue weighted by Gasteiger charge is -2.24. The molecule has 2 aromatic heterocycles. The van der Waals surface area contributed by atoms with Crippen LogP contribution in [0.25, 0.3) is 17.0 Å². The Morgan fingerprint density at radius 1 is 1.24 bits per heavy atom. The van der Waals surface area contributed by atoms with E-state index in [1.165, 1.54) is 6.07 Å². The van der Waals surface area contributed by atoms with E-state index < -0.39 is 5.92 Å². The van der Waals surface area contributed by atoms with Gasteiger partial charge in [0.25, 0.3) is 0 Å². The predicted octanol–water partition coefficient (Wildman–Crippen LogP) is 4.44. The summed E-state index contributed by atoms with van der Waals surface area (Å²) in [6.45, 7) is 1.87. The van der Waals surface area contributed by atoms with Gasteiger partial charge in [-0.3, -0.25) is 4.79 Å². The number of aromatic nitrogens is 4. The molecule has 1 unspecified atom stereocenters. The largest absolute Gasteiger partial charge is 0.311 e. The average molecular weight is 454 g/mol. The molecule has 5 rings (SSSR count). The average Bonchev–Trinajstić information content (AvgIpc) is 3.20. The summed E-state index contributed by atoms with van der Waals surface area (Å²) in [5.74, 6) is 0.197.